The summed E-state index contributed by atoms with van der Waals surface area (Å²) < 4.78 is 20.4. The lowest BCUT2D eigenvalue weighted by atomic mass is 9.70. The van der Waals surface area contributed by atoms with Crippen molar-refractivity contribution in [3.63, 3.8) is 0 Å². The first-order valence-corrected chi connectivity index (χ1v) is 12.3. The number of benzene rings is 1. The summed E-state index contributed by atoms with van der Waals surface area (Å²) in [5, 5.41) is 0.137. The maximum Gasteiger partial charge on any atom is 0.192 e. The summed E-state index contributed by atoms with van der Waals surface area (Å²) in [6.45, 7) is 17.2. The van der Waals surface area contributed by atoms with E-state index in [0.717, 1.165) is 29.4 Å². The number of carbonyl (C=O) groups is 1. The number of rotatable bonds is 4. The van der Waals surface area contributed by atoms with Gasteiger partial charge in [0.25, 0.3) is 0 Å². The van der Waals surface area contributed by atoms with E-state index in [-0.39, 0.29) is 22.4 Å². The molecule has 1 aliphatic carbocycles. The Balaban J connectivity index is 2.45. The molecule has 2 rings (SSSR count). The van der Waals surface area contributed by atoms with Gasteiger partial charge in [-0.2, -0.15) is 0 Å². The van der Waals surface area contributed by atoms with E-state index >= 15 is 0 Å². The molecule has 0 saturated heterocycles. The fraction of sp³-hybridized carbons (Fsp3) is 0.591. The average molecular weight is 377 g/mol. The quantitative estimate of drug-likeness (QED) is 0.455. The molecule has 0 heterocycles. The first-order chi connectivity index (χ1) is 11.8. The first kappa shape index (κ1) is 21.0. The standard InChI is InChI=1S/C22H33FO2Si/c1-15-11-16(9-10-20(15)23)18-12-17(13-22(5,6)19(18)14-24)25-26(7,8)21(2,3)4/h9-11,14,17H,12-13H2,1-8H3. The SMILES string of the molecule is Cc1cc(C2=C(C=O)C(C)(C)CC(O[Si](C)(C)C(C)(C)C)C2)ccc1F. The second kappa shape index (κ2) is 7.04. The molecule has 144 valence electrons. The Labute approximate surface area is 159 Å². The van der Waals surface area contributed by atoms with E-state index < -0.39 is 8.32 Å². The highest BCUT2D eigenvalue weighted by atomic mass is 28.4. The molecule has 0 spiro atoms. The molecule has 2 nitrogen and oxygen atoms in total. The lowest BCUT2D eigenvalue weighted by molar-refractivity contribution is -0.106. The maximum absolute atomic E-state index is 13.7. The minimum absolute atomic E-state index is 0.0787. The maximum atomic E-state index is 13.7. The van der Waals surface area contributed by atoms with Crippen LogP contribution < -0.4 is 0 Å². The molecular formula is C22H33FO2Si. The van der Waals surface area contributed by atoms with Gasteiger partial charge in [-0.3, -0.25) is 4.79 Å². The number of carbonyl (C=O) groups excluding carboxylic acids is 1. The Bertz CT molecular complexity index is 726. The summed E-state index contributed by atoms with van der Waals surface area (Å²) in [5.74, 6) is -0.217. The Morgan fingerprint density at radius 3 is 2.38 bits per heavy atom. The second-order valence-electron chi connectivity index (χ2n) is 9.77. The lowest BCUT2D eigenvalue weighted by Gasteiger charge is -2.44. The third-order valence-corrected chi connectivity index (χ3v) is 10.7. The number of halogens is 1. The number of hydrogen-bond donors (Lipinski definition) is 0. The molecule has 0 aromatic heterocycles. The molecule has 0 radical (unpaired) electrons. The Morgan fingerprint density at radius 2 is 1.88 bits per heavy atom. The smallest absolute Gasteiger partial charge is 0.192 e. The van der Waals surface area contributed by atoms with Crippen molar-refractivity contribution in [3.8, 4) is 0 Å². The number of allylic oxidation sites excluding steroid dienone is 1. The summed E-state index contributed by atoms with van der Waals surface area (Å²) in [5.41, 5.74) is 3.10. The molecule has 0 saturated carbocycles. The highest BCUT2D eigenvalue weighted by Crippen LogP contribution is 2.47. The van der Waals surface area contributed by atoms with Gasteiger partial charge in [0.2, 0.25) is 0 Å². The largest absolute Gasteiger partial charge is 0.414 e. The van der Waals surface area contributed by atoms with Crippen LogP contribution in [0.4, 0.5) is 4.39 Å². The molecule has 1 atom stereocenters. The number of hydrogen-bond acceptors (Lipinski definition) is 2. The normalized spacial score (nSPS) is 21.0. The van der Waals surface area contributed by atoms with Crippen LogP contribution in [0.3, 0.4) is 0 Å². The van der Waals surface area contributed by atoms with Crippen LogP contribution in [0, 0.1) is 18.2 Å². The molecule has 0 bridgehead atoms. The molecule has 0 N–H and O–H groups in total. The van der Waals surface area contributed by atoms with Crippen LogP contribution in [0.2, 0.25) is 18.1 Å². The van der Waals surface area contributed by atoms with E-state index in [1.807, 2.05) is 6.07 Å². The Hall–Kier alpha value is -1.26. The Kier molecular flexibility index (Phi) is 5.70. The van der Waals surface area contributed by atoms with Gasteiger partial charge in [-0.05, 0) is 72.1 Å². The van der Waals surface area contributed by atoms with Crippen molar-refractivity contribution >= 4 is 20.2 Å². The van der Waals surface area contributed by atoms with Gasteiger partial charge >= 0.3 is 0 Å². The fourth-order valence-electron chi connectivity index (χ4n) is 3.51. The zero-order chi connectivity index (χ0) is 19.9. The highest BCUT2D eigenvalue weighted by molar-refractivity contribution is 6.74. The van der Waals surface area contributed by atoms with E-state index in [0.29, 0.717) is 12.0 Å². The average Bonchev–Trinajstić information content (AvgIpc) is 2.47. The predicted octanol–water partition coefficient (Wildman–Crippen LogP) is 6.30. The van der Waals surface area contributed by atoms with Crippen molar-refractivity contribution in [2.45, 2.75) is 78.6 Å². The first-order valence-electron chi connectivity index (χ1n) is 9.41. The zero-order valence-electron chi connectivity index (χ0n) is 17.5. The van der Waals surface area contributed by atoms with Crippen molar-refractivity contribution in [1.29, 1.82) is 0 Å². The highest BCUT2D eigenvalue weighted by Gasteiger charge is 2.43. The van der Waals surface area contributed by atoms with E-state index in [2.05, 4.69) is 47.7 Å². The van der Waals surface area contributed by atoms with Crippen molar-refractivity contribution in [1.82, 2.24) is 0 Å². The van der Waals surface area contributed by atoms with Crippen LogP contribution in [-0.2, 0) is 9.22 Å². The summed E-state index contributed by atoms with van der Waals surface area (Å²) in [6.07, 6.45) is 2.60. The van der Waals surface area contributed by atoms with Crippen molar-refractivity contribution in [2.24, 2.45) is 5.41 Å². The molecule has 4 heteroatoms. The van der Waals surface area contributed by atoms with Gasteiger partial charge in [0.15, 0.2) is 8.32 Å². The molecular weight excluding hydrogens is 343 g/mol. The van der Waals surface area contributed by atoms with Crippen LogP contribution in [-0.4, -0.2) is 20.7 Å². The van der Waals surface area contributed by atoms with Gasteiger partial charge in [-0.25, -0.2) is 4.39 Å². The van der Waals surface area contributed by atoms with Gasteiger partial charge in [0.1, 0.15) is 12.1 Å². The van der Waals surface area contributed by atoms with Gasteiger partial charge < -0.3 is 4.43 Å². The van der Waals surface area contributed by atoms with Crippen LogP contribution in [0.1, 0.15) is 58.6 Å². The van der Waals surface area contributed by atoms with E-state index in [1.54, 1.807) is 13.0 Å². The second-order valence-corrected chi connectivity index (χ2v) is 14.5. The van der Waals surface area contributed by atoms with Crippen LogP contribution in [0.5, 0.6) is 0 Å². The van der Waals surface area contributed by atoms with Gasteiger partial charge in [-0.15, -0.1) is 0 Å². The van der Waals surface area contributed by atoms with E-state index in [1.165, 1.54) is 6.07 Å². The molecule has 1 aromatic rings. The molecule has 0 fully saturated rings. The van der Waals surface area contributed by atoms with Crippen molar-refractivity contribution < 1.29 is 13.6 Å². The molecule has 0 aliphatic heterocycles. The molecule has 26 heavy (non-hydrogen) atoms. The third-order valence-electron chi connectivity index (χ3n) is 6.12. The minimum Gasteiger partial charge on any atom is -0.414 e. The molecule has 1 aromatic carbocycles. The summed E-state index contributed by atoms with van der Waals surface area (Å²) in [7, 11) is -1.91. The van der Waals surface area contributed by atoms with E-state index in [9.17, 15) is 9.18 Å². The predicted molar refractivity (Wildman–Crippen MR) is 109 cm³/mol. The summed E-state index contributed by atoms with van der Waals surface area (Å²) in [6, 6.07) is 5.12. The topological polar surface area (TPSA) is 26.3 Å². The monoisotopic (exact) mass is 376 g/mol. The van der Waals surface area contributed by atoms with E-state index in [4.69, 9.17) is 4.43 Å². The number of aldehydes is 1. The summed E-state index contributed by atoms with van der Waals surface area (Å²) in [4.78, 5) is 11.9. The minimum atomic E-state index is -1.91. The van der Waals surface area contributed by atoms with Crippen molar-refractivity contribution in [3.05, 3.63) is 40.7 Å². The van der Waals surface area contributed by atoms with Gasteiger partial charge in [0.05, 0.1) is 0 Å². The zero-order valence-corrected chi connectivity index (χ0v) is 18.5. The molecule has 0 amide bonds. The van der Waals surface area contributed by atoms with Gasteiger partial charge in [0, 0.05) is 11.7 Å². The third kappa shape index (κ3) is 4.17. The van der Waals surface area contributed by atoms with Gasteiger partial charge in [-0.1, -0.05) is 40.7 Å². The summed E-state index contributed by atoms with van der Waals surface area (Å²) >= 11 is 0. The molecule has 1 unspecified atom stereocenters. The van der Waals surface area contributed by atoms with Crippen LogP contribution in [0.15, 0.2) is 23.8 Å². The molecule has 1 aliphatic rings. The fourth-order valence-corrected chi connectivity index (χ4v) is 4.86. The van der Waals surface area contributed by atoms with Crippen molar-refractivity contribution in [2.75, 3.05) is 0 Å². The lowest BCUT2D eigenvalue weighted by Crippen LogP contribution is -2.46. The Morgan fingerprint density at radius 1 is 1.27 bits per heavy atom. The van der Waals surface area contributed by atoms with Crippen LogP contribution >= 0.6 is 0 Å². The van der Waals surface area contributed by atoms with Crippen LogP contribution in [0.25, 0.3) is 5.57 Å². The number of aryl methyl sites for hydroxylation is 1.